The summed E-state index contributed by atoms with van der Waals surface area (Å²) in [5.41, 5.74) is 7.56. The second kappa shape index (κ2) is 5.52. The lowest BCUT2D eigenvalue weighted by Crippen LogP contribution is -2.14. The van der Waals surface area contributed by atoms with Crippen molar-refractivity contribution in [2.24, 2.45) is 11.7 Å². The Labute approximate surface area is 91.3 Å². The first-order valence-electron chi connectivity index (χ1n) is 5.48. The van der Waals surface area contributed by atoms with Crippen LogP contribution >= 0.6 is 11.3 Å². The Morgan fingerprint density at radius 2 is 2.00 bits per heavy atom. The van der Waals surface area contributed by atoms with Gasteiger partial charge in [0.15, 0.2) is 0 Å². The zero-order chi connectivity index (χ0) is 10.6. The quantitative estimate of drug-likeness (QED) is 0.786. The van der Waals surface area contributed by atoms with Gasteiger partial charge in [-0.05, 0) is 36.3 Å². The van der Waals surface area contributed by atoms with E-state index >= 15 is 0 Å². The molecule has 0 saturated heterocycles. The molecule has 80 valence electrons. The fraction of sp³-hybridized carbons (Fsp3) is 0.667. The summed E-state index contributed by atoms with van der Waals surface area (Å²) in [6, 6.07) is 2.41. The topological polar surface area (TPSA) is 26.0 Å². The van der Waals surface area contributed by atoms with E-state index in [1.54, 1.807) is 11.3 Å². The smallest absolute Gasteiger partial charge is 0.0395 e. The number of hydrogen-bond acceptors (Lipinski definition) is 2. The van der Waals surface area contributed by atoms with E-state index in [1.807, 2.05) is 0 Å². The third-order valence-electron chi connectivity index (χ3n) is 2.98. The molecule has 1 rings (SSSR count). The highest BCUT2D eigenvalue weighted by Crippen LogP contribution is 2.28. The molecule has 0 saturated carbocycles. The lowest BCUT2D eigenvalue weighted by atomic mass is 9.94. The average Bonchev–Trinajstić information content (AvgIpc) is 2.60. The van der Waals surface area contributed by atoms with Gasteiger partial charge in [0.05, 0.1) is 0 Å². The van der Waals surface area contributed by atoms with E-state index in [2.05, 4.69) is 32.2 Å². The molecular weight excluding hydrogens is 190 g/mol. The van der Waals surface area contributed by atoms with Crippen LogP contribution in [-0.4, -0.2) is 0 Å². The zero-order valence-electron chi connectivity index (χ0n) is 9.42. The molecule has 0 unspecified atom stereocenters. The number of hydrogen-bond donors (Lipinski definition) is 1. The van der Waals surface area contributed by atoms with Crippen LogP contribution in [-0.2, 0) is 0 Å². The lowest BCUT2D eigenvalue weighted by molar-refractivity contribution is 0.416. The Bertz CT molecular complexity index is 263. The van der Waals surface area contributed by atoms with Gasteiger partial charge in [0, 0.05) is 10.9 Å². The van der Waals surface area contributed by atoms with Crippen LogP contribution in [0.1, 0.15) is 49.6 Å². The first-order valence-corrected chi connectivity index (χ1v) is 6.36. The van der Waals surface area contributed by atoms with Gasteiger partial charge in [-0.2, -0.15) is 0 Å². The minimum Gasteiger partial charge on any atom is -0.323 e. The van der Waals surface area contributed by atoms with Gasteiger partial charge >= 0.3 is 0 Å². The van der Waals surface area contributed by atoms with Crippen LogP contribution in [0.15, 0.2) is 11.4 Å². The molecule has 0 spiro atoms. The average molecular weight is 211 g/mol. The van der Waals surface area contributed by atoms with Crippen molar-refractivity contribution in [3.05, 3.63) is 21.9 Å². The van der Waals surface area contributed by atoms with Crippen molar-refractivity contribution in [1.29, 1.82) is 0 Å². The molecule has 0 aliphatic rings. The number of aryl methyl sites for hydroxylation is 1. The van der Waals surface area contributed by atoms with Gasteiger partial charge in [-0.3, -0.25) is 0 Å². The number of nitrogens with two attached hydrogens (primary N) is 1. The van der Waals surface area contributed by atoms with Gasteiger partial charge in [-0.25, -0.2) is 0 Å². The number of thiophene rings is 1. The molecule has 1 atom stereocenters. The lowest BCUT2D eigenvalue weighted by Gasteiger charge is -2.17. The molecule has 14 heavy (non-hydrogen) atoms. The molecule has 0 aromatic carbocycles. The van der Waals surface area contributed by atoms with Crippen LogP contribution in [0.4, 0.5) is 0 Å². The molecule has 0 aliphatic heterocycles. The molecule has 1 nitrogen and oxygen atoms in total. The van der Waals surface area contributed by atoms with E-state index in [-0.39, 0.29) is 6.04 Å². The van der Waals surface area contributed by atoms with Crippen LogP contribution < -0.4 is 5.73 Å². The Morgan fingerprint density at radius 1 is 1.36 bits per heavy atom. The second-order valence-corrected chi connectivity index (χ2v) is 4.94. The van der Waals surface area contributed by atoms with E-state index < -0.39 is 0 Å². The van der Waals surface area contributed by atoms with Crippen molar-refractivity contribution in [2.75, 3.05) is 0 Å². The normalized spacial score (nSPS) is 13.5. The summed E-state index contributed by atoms with van der Waals surface area (Å²) in [5.74, 6) is 0.784. The standard InChI is InChI=1S/C12H21NS/c1-4-10(5-2)8-11(13)12-9(3)6-7-14-12/h6-7,10-11H,4-5,8,13H2,1-3H3/t11-/m1/s1. The third-order valence-corrected chi connectivity index (χ3v) is 4.13. The molecule has 0 amide bonds. The summed E-state index contributed by atoms with van der Waals surface area (Å²) in [4.78, 5) is 1.37. The molecule has 0 aliphatic carbocycles. The molecular formula is C12H21NS. The minimum absolute atomic E-state index is 0.250. The van der Waals surface area contributed by atoms with Crippen molar-refractivity contribution in [3.8, 4) is 0 Å². The summed E-state index contributed by atoms with van der Waals surface area (Å²) in [5, 5.41) is 2.14. The molecule has 0 radical (unpaired) electrons. The van der Waals surface area contributed by atoms with E-state index in [9.17, 15) is 0 Å². The summed E-state index contributed by atoms with van der Waals surface area (Å²) < 4.78 is 0. The van der Waals surface area contributed by atoms with Gasteiger partial charge in [-0.1, -0.05) is 26.7 Å². The Kier molecular flexibility index (Phi) is 4.63. The maximum Gasteiger partial charge on any atom is 0.0395 e. The van der Waals surface area contributed by atoms with Crippen molar-refractivity contribution < 1.29 is 0 Å². The highest BCUT2D eigenvalue weighted by molar-refractivity contribution is 7.10. The first kappa shape index (κ1) is 11.7. The summed E-state index contributed by atoms with van der Waals surface area (Å²) in [7, 11) is 0. The van der Waals surface area contributed by atoms with E-state index in [1.165, 1.54) is 23.3 Å². The maximum absolute atomic E-state index is 6.20. The molecule has 2 heteroatoms. The van der Waals surface area contributed by atoms with Crippen molar-refractivity contribution in [3.63, 3.8) is 0 Å². The monoisotopic (exact) mass is 211 g/mol. The van der Waals surface area contributed by atoms with Crippen molar-refractivity contribution in [1.82, 2.24) is 0 Å². The van der Waals surface area contributed by atoms with Crippen molar-refractivity contribution in [2.45, 2.75) is 46.1 Å². The predicted molar refractivity (Wildman–Crippen MR) is 64.7 cm³/mol. The van der Waals surface area contributed by atoms with Crippen LogP contribution in [0.2, 0.25) is 0 Å². The van der Waals surface area contributed by atoms with Crippen molar-refractivity contribution >= 4 is 11.3 Å². The van der Waals surface area contributed by atoms with Gasteiger partial charge in [0.25, 0.3) is 0 Å². The molecule has 1 aromatic rings. The van der Waals surface area contributed by atoms with Gasteiger partial charge in [-0.15, -0.1) is 11.3 Å². The number of rotatable bonds is 5. The van der Waals surface area contributed by atoms with Crippen LogP contribution in [0.25, 0.3) is 0 Å². The second-order valence-electron chi connectivity index (χ2n) is 3.99. The molecule has 1 aromatic heterocycles. The minimum atomic E-state index is 0.250. The van der Waals surface area contributed by atoms with Crippen LogP contribution in [0, 0.1) is 12.8 Å². The highest BCUT2D eigenvalue weighted by atomic mass is 32.1. The summed E-state index contributed by atoms with van der Waals surface area (Å²) in [6.45, 7) is 6.66. The summed E-state index contributed by atoms with van der Waals surface area (Å²) in [6.07, 6.45) is 3.62. The van der Waals surface area contributed by atoms with E-state index in [4.69, 9.17) is 5.73 Å². The summed E-state index contributed by atoms with van der Waals surface area (Å²) >= 11 is 1.80. The van der Waals surface area contributed by atoms with E-state index in [0.717, 1.165) is 12.3 Å². The largest absolute Gasteiger partial charge is 0.323 e. The van der Waals surface area contributed by atoms with E-state index in [0.29, 0.717) is 0 Å². The fourth-order valence-corrected chi connectivity index (χ4v) is 2.80. The predicted octanol–water partition coefficient (Wildman–Crippen LogP) is 3.88. The Morgan fingerprint density at radius 3 is 2.43 bits per heavy atom. The molecule has 2 N–H and O–H groups in total. The van der Waals surface area contributed by atoms with Gasteiger partial charge < -0.3 is 5.73 Å². The third kappa shape index (κ3) is 2.82. The maximum atomic E-state index is 6.20. The van der Waals surface area contributed by atoms with Gasteiger partial charge in [0.2, 0.25) is 0 Å². The molecule has 1 heterocycles. The van der Waals surface area contributed by atoms with Crippen LogP contribution in [0.5, 0.6) is 0 Å². The molecule has 0 bridgehead atoms. The fourth-order valence-electron chi connectivity index (χ4n) is 1.85. The Balaban J connectivity index is 2.58. The first-order chi connectivity index (χ1) is 6.69. The highest BCUT2D eigenvalue weighted by Gasteiger charge is 2.14. The molecule has 0 fully saturated rings. The zero-order valence-corrected chi connectivity index (χ0v) is 10.2. The SMILES string of the molecule is CCC(CC)C[C@@H](N)c1sccc1C. The van der Waals surface area contributed by atoms with Crippen LogP contribution in [0.3, 0.4) is 0 Å². The Hall–Kier alpha value is -0.340. The van der Waals surface area contributed by atoms with Gasteiger partial charge in [0.1, 0.15) is 0 Å².